The molecule has 13 N–H and O–H groups in total. The molecule has 0 aromatic heterocycles. The van der Waals surface area contributed by atoms with Gasteiger partial charge in [-0.25, -0.2) is 4.79 Å². The second-order valence-corrected chi connectivity index (χ2v) is 18.0. The van der Waals surface area contributed by atoms with Gasteiger partial charge in [-0.1, -0.05) is 6.08 Å². The van der Waals surface area contributed by atoms with E-state index in [9.17, 15) is 70.6 Å². The number of allylic oxidation sites excluding steroid dienone is 1. The maximum atomic E-state index is 12.9. The van der Waals surface area contributed by atoms with Crippen molar-refractivity contribution >= 4 is 17.9 Å². The standard InChI is InChI=1S/C41H64O23/c1-57-22-7-15(8-23(58-2)31(22)50)3-6-28(48)59-13-25-32(51)34(53)36(55)40(61-25)30-21(45)11-19(43)17-10-24(38(64-39(17)30)16-4-5-18(42)20(44)9-16)62-41-37(56)35(54)33(52)26(63-41)14-60-29(49)12-27(46)47/h3,6,15-26,30-45,50-56H,4-5,7-14H2,1-2H3,(H,46,47)/p+1/t15?,16?,17?,18?,19?,20?,21?,22?,23?,24?,25-,26-,30?,31?,32-,33-,34+,35+,36-,37-,38?,39?,40+,41-/m1/s1. The number of aliphatic carboxylic acids is 1. The summed E-state index contributed by atoms with van der Waals surface area (Å²) < 4.78 is 44.3. The lowest BCUT2D eigenvalue weighted by atomic mass is 9.66. The minimum atomic E-state index is -1.89. The Morgan fingerprint density at radius 2 is 1.25 bits per heavy atom. The van der Waals surface area contributed by atoms with Crippen molar-refractivity contribution in [3.05, 3.63) is 12.2 Å². The van der Waals surface area contributed by atoms with Crippen LogP contribution >= 0.6 is 0 Å². The van der Waals surface area contributed by atoms with Crippen LogP contribution in [-0.2, 0) is 47.5 Å². The van der Waals surface area contributed by atoms with Crippen LogP contribution in [-0.4, -0.2) is 234 Å². The van der Waals surface area contributed by atoms with Crippen LogP contribution in [0.2, 0.25) is 0 Å². The van der Waals surface area contributed by atoms with Gasteiger partial charge in [0.2, 0.25) is 0 Å². The lowest BCUT2D eigenvalue weighted by Gasteiger charge is -2.53. The Hall–Kier alpha value is -2.53. The normalized spacial score (nSPS) is 47.7. The number of hydrogen-bond acceptors (Lipinski definition) is 21. The van der Waals surface area contributed by atoms with Gasteiger partial charge in [0.15, 0.2) is 18.5 Å². The van der Waals surface area contributed by atoms with Gasteiger partial charge >= 0.3 is 17.9 Å². The van der Waals surface area contributed by atoms with Crippen LogP contribution in [0.3, 0.4) is 0 Å². The van der Waals surface area contributed by atoms with Crippen LogP contribution in [0.5, 0.6) is 0 Å². The van der Waals surface area contributed by atoms with Crippen LogP contribution in [0, 0.1) is 23.7 Å². The van der Waals surface area contributed by atoms with E-state index in [1.165, 1.54) is 20.3 Å². The molecule has 12 unspecified atom stereocenters. The molecule has 0 aromatic rings. The number of aliphatic hydroxyl groups excluding tert-OH is 11. The Labute approximate surface area is 368 Å². The highest BCUT2D eigenvalue weighted by atomic mass is 16.7. The predicted molar refractivity (Wildman–Crippen MR) is 209 cm³/mol. The third-order valence-electron chi connectivity index (χ3n) is 13.9. The molecule has 22 atom stereocenters. The Kier molecular flexibility index (Phi) is 17.5. The monoisotopic (exact) mass is 925 g/mol. The van der Waals surface area contributed by atoms with Crippen LogP contribution in [0.15, 0.2) is 12.2 Å². The maximum Gasteiger partial charge on any atom is 0.330 e. The molecule has 64 heavy (non-hydrogen) atoms. The molecule has 6 rings (SSSR count). The quantitative estimate of drug-likeness (QED) is 0.0335. The van der Waals surface area contributed by atoms with E-state index < -0.39 is 178 Å². The number of carboxylic acids is 1. The van der Waals surface area contributed by atoms with Crippen molar-refractivity contribution in [2.75, 3.05) is 27.4 Å². The first-order valence-electron chi connectivity index (χ1n) is 21.8. The number of hydrogen-bond donors (Lipinski definition) is 12. The van der Waals surface area contributed by atoms with E-state index in [1.807, 2.05) is 0 Å². The van der Waals surface area contributed by atoms with E-state index in [2.05, 4.69) is 0 Å². The number of carboxylic acid groups (broad SMARTS) is 1. The van der Waals surface area contributed by atoms with Crippen LogP contribution in [0.1, 0.15) is 51.4 Å². The molecule has 3 saturated heterocycles. The first kappa shape index (κ1) is 50.9. The van der Waals surface area contributed by atoms with E-state index in [0.29, 0.717) is 19.3 Å². The Morgan fingerprint density at radius 1 is 0.625 bits per heavy atom. The molecule has 23 heteroatoms. The molecule has 0 bridgehead atoms. The molecule has 3 aliphatic heterocycles. The second-order valence-electron chi connectivity index (χ2n) is 18.0. The van der Waals surface area contributed by atoms with Gasteiger partial charge in [0.05, 0.1) is 54.6 Å². The first-order chi connectivity index (χ1) is 30.3. The number of fused-ring (bicyclic) bond motifs is 1. The van der Waals surface area contributed by atoms with E-state index in [1.54, 1.807) is 6.08 Å². The van der Waals surface area contributed by atoms with Crippen LogP contribution in [0.25, 0.3) is 0 Å². The van der Waals surface area contributed by atoms with E-state index in [4.69, 9.17) is 43.0 Å². The van der Waals surface area contributed by atoms with Crippen molar-refractivity contribution in [1.82, 2.24) is 0 Å². The first-order valence-corrected chi connectivity index (χ1v) is 21.8. The molecule has 6 aliphatic rings. The third kappa shape index (κ3) is 11.4. The largest absolute Gasteiger partial charge is 0.481 e. The van der Waals surface area contributed by atoms with Gasteiger partial charge in [0, 0.05) is 32.6 Å². The fourth-order valence-electron chi connectivity index (χ4n) is 10.4. The summed E-state index contributed by atoms with van der Waals surface area (Å²) in [5.74, 6) is -6.22. The molecule has 0 amide bonds. The van der Waals surface area contributed by atoms with Crippen molar-refractivity contribution in [2.24, 2.45) is 23.7 Å². The molecule has 6 fully saturated rings. The summed E-state index contributed by atoms with van der Waals surface area (Å²) in [4.78, 5) is 35.8. The van der Waals surface area contributed by atoms with Gasteiger partial charge < -0.3 is 99.2 Å². The smallest absolute Gasteiger partial charge is 0.330 e. The van der Waals surface area contributed by atoms with E-state index in [0.717, 1.165) is 0 Å². The van der Waals surface area contributed by atoms with Gasteiger partial charge in [0.25, 0.3) is 0 Å². The summed E-state index contributed by atoms with van der Waals surface area (Å²) in [7, 11) is 2.91. The lowest BCUT2D eigenvalue weighted by molar-refractivity contribution is -0.372. The minimum absolute atomic E-state index is 0.0118. The third-order valence-corrected chi connectivity index (χ3v) is 13.9. The fourth-order valence-corrected chi connectivity index (χ4v) is 10.4. The maximum absolute atomic E-state index is 12.9. The summed E-state index contributed by atoms with van der Waals surface area (Å²) in [5, 5.41) is 129. The number of aliphatic hydroxyl groups is 13. The average Bonchev–Trinajstić information content (AvgIpc) is 3.25. The van der Waals surface area contributed by atoms with Crippen LogP contribution < -0.4 is 0 Å². The summed E-state index contributed by atoms with van der Waals surface area (Å²) in [6.07, 6.45) is -24.2. The van der Waals surface area contributed by atoms with Gasteiger partial charge in [0.1, 0.15) is 80.7 Å². The molecule has 0 radical (unpaired) electrons. The highest BCUT2D eigenvalue weighted by Crippen LogP contribution is 2.47. The number of ether oxygens (including phenoxy) is 8. The second kappa shape index (κ2) is 22.1. The molecule has 0 spiro atoms. The van der Waals surface area contributed by atoms with Crippen molar-refractivity contribution in [3.8, 4) is 0 Å². The Morgan fingerprint density at radius 3 is 1.88 bits per heavy atom. The van der Waals surface area contributed by atoms with Gasteiger partial charge in [-0.15, -0.1) is 0 Å². The minimum Gasteiger partial charge on any atom is -0.481 e. The zero-order chi connectivity index (χ0) is 46.7. The van der Waals surface area contributed by atoms with Crippen molar-refractivity contribution in [3.63, 3.8) is 0 Å². The van der Waals surface area contributed by atoms with Gasteiger partial charge in [-0.3, -0.25) is 9.59 Å². The molecule has 3 aliphatic carbocycles. The SMILES string of the molecule is COC1CC(C=CC(=O)OC[C@H]2O[C@@H](C3C(O)CC(O)C4CC(O[C@@H]5O[C@H](COC(=O)CC(=O)O)[C@@H](O)[C@H](O)[C@H]5O)C(C5CCC(O)C(O)C5)[OH+]C43)[C@H](O)[C@@H](O)[C@@H]2O)CC(OC)C1O. The van der Waals surface area contributed by atoms with Crippen molar-refractivity contribution in [1.29, 1.82) is 0 Å². The molecular weight excluding hydrogens is 860 g/mol. The topological polar surface area (TPSA) is 371 Å². The molecule has 0 aromatic carbocycles. The summed E-state index contributed by atoms with van der Waals surface area (Å²) >= 11 is 0. The molecular formula is C41H65O23+. The highest BCUT2D eigenvalue weighted by molar-refractivity contribution is 5.90. The molecule has 3 heterocycles. The van der Waals surface area contributed by atoms with Crippen molar-refractivity contribution in [2.45, 2.75) is 174 Å². The number of rotatable bonds is 14. The Balaban J connectivity index is 1.19. The Bertz CT molecular complexity index is 1570. The summed E-state index contributed by atoms with van der Waals surface area (Å²) in [6, 6.07) is 0. The zero-order valence-corrected chi connectivity index (χ0v) is 35.5. The van der Waals surface area contributed by atoms with Gasteiger partial charge in [-0.2, -0.15) is 0 Å². The fraction of sp³-hybridized carbons (Fsp3) is 0.878. The van der Waals surface area contributed by atoms with Gasteiger partial charge in [-0.05, 0) is 44.4 Å². The van der Waals surface area contributed by atoms with E-state index >= 15 is 0 Å². The highest BCUT2D eigenvalue weighted by Gasteiger charge is 2.62. The van der Waals surface area contributed by atoms with E-state index in [-0.39, 0.29) is 31.6 Å². The lowest BCUT2D eigenvalue weighted by Crippen LogP contribution is -2.69. The number of esters is 2. The number of carbonyl (C=O) groups excluding carboxylic acids is 2. The van der Waals surface area contributed by atoms with Crippen molar-refractivity contribution < 1.29 is 114 Å². The van der Waals surface area contributed by atoms with Crippen LogP contribution in [0.4, 0.5) is 0 Å². The average molecular weight is 926 g/mol. The molecule has 3 saturated carbocycles. The molecule has 366 valence electrons. The number of carbonyl (C=O) groups is 3. The summed E-state index contributed by atoms with van der Waals surface area (Å²) in [6.45, 7) is -1.31. The zero-order valence-electron chi connectivity index (χ0n) is 35.5. The predicted octanol–water partition coefficient (Wildman–Crippen LogP) is -5.50. The molecule has 23 nitrogen and oxygen atoms in total. The number of methoxy groups -OCH3 is 2. The summed E-state index contributed by atoms with van der Waals surface area (Å²) in [5.41, 5.74) is 0.